The highest BCUT2D eigenvalue weighted by atomic mass is 16.2. The molecule has 2 heterocycles. The fraction of sp³-hybridized carbons (Fsp3) is 0.909. The average molecular weight is 194 g/mol. The average Bonchev–Trinajstić information content (AvgIpc) is 2.56. The maximum Gasteiger partial charge on any atom is 0.226 e. The predicted molar refractivity (Wildman–Crippen MR) is 53.7 cm³/mol. The van der Waals surface area contributed by atoms with Crippen LogP contribution in [0, 0.1) is 23.7 Å². The maximum absolute atomic E-state index is 12.1. The summed E-state index contributed by atoms with van der Waals surface area (Å²) >= 11 is 0. The minimum Gasteiger partial charge on any atom is -0.342 e. The molecule has 14 heavy (non-hydrogen) atoms. The van der Waals surface area contributed by atoms with Crippen LogP contribution in [0.15, 0.2) is 0 Å². The predicted octanol–water partition coefficient (Wildman–Crippen LogP) is 0.320. The number of carbonyl (C=O) groups excluding carboxylic acids is 1. The van der Waals surface area contributed by atoms with Gasteiger partial charge in [-0.1, -0.05) is 6.92 Å². The molecule has 0 aromatic carbocycles. The first-order chi connectivity index (χ1) is 6.77. The molecule has 1 saturated carbocycles. The second kappa shape index (κ2) is 2.96. The summed E-state index contributed by atoms with van der Waals surface area (Å²) in [7, 11) is 0. The zero-order valence-corrected chi connectivity index (χ0v) is 8.70. The SMILES string of the molecule is CC1CCN(C(=O)C2C3CNCC32)C1. The number of rotatable bonds is 1. The van der Waals surface area contributed by atoms with Gasteiger partial charge in [-0.25, -0.2) is 0 Å². The largest absolute Gasteiger partial charge is 0.342 e. The van der Waals surface area contributed by atoms with E-state index in [0.29, 0.717) is 23.7 Å². The molecule has 1 amide bonds. The monoisotopic (exact) mass is 194 g/mol. The van der Waals surface area contributed by atoms with Crippen LogP contribution in [0.5, 0.6) is 0 Å². The topological polar surface area (TPSA) is 32.3 Å². The van der Waals surface area contributed by atoms with E-state index in [2.05, 4.69) is 17.1 Å². The van der Waals surface area contributed by atoms with E-state index in [0.717, 1.165) is 32.1 Å². The van der Waals surface area contributed by atoms with E-state index in [1.54, 1.807) is 0 Å². The summed E-state index contributed by atoms with van der Waals surface area (Å²) in [5.41, 5.74) is 0. The van der Waals surface area contributed by atoms with Crippen LogP contribution in [-0.2, 0) is 4.79 Å². The van der Waals surface area contributed by atoms with Gasteiger partial charge in [0.05, 0.1) is 0 Å². The summed E-state index contributed by atoms with van der Waals surface area (Å²) in [4.78, 5) is 14.2. The van der Waals surface area contributed by atoms with E-state index >= 15 is 0 Å². The van der Waals surface area contributed by atoms with E-state index in [4.69, 9.17) is 0 Å². The summed E-state index contributed by atoms with van der Waals surface area (Å²) in [5, 5.41) is 3.34. The van der Waals surface area contributed by atoms with E-state index in [1.807, 2.05) is 0 Å². The van der Waals surface area contributed by atoms with Crippen LogP contribution < -0.4 is 5.32 Å². The van der Waals surface area contributed by atoms with Gasteiger partial charge in [0.2, 0.25) is 5.91 Å². The van der Waals surface area contributed by atoms with Crippen LogP contribution in [-0.4, -0.2) is 37.0 Å². The van der Waals surface area contributed by atoms with Crippen LogP contribution in [0.2, 0.25) is 0 Å². The first-order valence-corrected chi connectivity index (χ1v) is 5.77. The van der Waals surface area contributed by atoms with Gasteiger partial charge >= 0.3 is 0 Å². The molecule has 3 unspecified atom stereocenters. The number of fused-ring (bicyclic) bond motifs is 1. The van der Waals surface area contributed by atoms with Crippen LogP contribution in [0.25, 0.3) is 0 Å². The molecule has 0 bridgehead atoms. The number of amides is 1. The molecule has 0 spiro atoms. The highest BCUT2D eigenvalue weighted by Gasteiger charge is 2.58. The normalized spacial score (nSPS) is 45.4. The molecule has 0 aromatic heterocycles. The molecule has 0 aromatic rings. The Kier molecular flexibility index (Phi) is 1.84. The molecule has 3 fully saturated rings. The number of nitrogens with zero attached hydrogens (tertiary/aromatic N) is 1. The molecular formula is C11H18N2O. The number of hydrogen-bond acceptors (Lipinski definition) is 2. The Balaban J connectivity index is 1.61. The van der Waals surface area contributed by atoms with Crippen molar-refractivity contribution in [3.8, 4) is 0 Å². The van der Waals surface area contributed by atoms with Crippen LogP contribution in [0.1, 0.15) is 13.3 Å². The fourth-order valence-corrected chi connectivity index (χ4v) is 3.13. The Hall–Kier alpha value is -0.570. The summed E-state index contributed by atoms with van der Waals surface area (Å²) in [5.74, 6) is 2.92. The van der Waals surface area contributed by atoms with Crippen molar-refractivity contribution in [3.63, 3.8) is 0 Å². The molecule has 2 saturated heterocycles. The standard InChI is InChI=1S/C11H18N2O/c1-7-2-3-13(6-7)11(14)10-8-4-12-5-9(8)10/h7-10,12H,2-6H2,1H3. The lowest BCUT2D eigenvalue weighted by molar-refractivity contribution is -0.132. The molecule has 78 valence electrons. The quantitative estimate of drug-likeness (QED) is 0.652. The zero-order valence-electron chi connectivity index (χ0n) is 8.70. The molecule has 0 radical (unpaired) electrons. The van der Waals surface area contributed by atoms with Crippen LogP contribution >= 0.6 is 0 Å². The van der Waals surface area contributed by atoms with Gasteiger partial charge in [-0.15, -0.1) is 0 Å². The minimum atomic E-state index is 0.390. The van der Waals surface area contributed by atoms with Crippen molar-refractivity contribution in [3.05, 3.63) is 0 Å². The van der Waals surface area contributed by atoms with Crippen LogP contribution in [0.4, 0.5) is 0 Å². The number of hydrogen-bond donors (Lipinski definition) is 1. The Morgan fingerprint density at radius 2 is 2.07 bits per heavy atom. The number of likely N-dealkylation sites (tertiary alicyclic amines) is 1. The molecule has 1 N–H and O–H groups in total. The summed E-state index contributed by atoms with van der Waals surface area (Å²) < 4.78 is 0. The number of piperidine rings is 1. The minimum absolute atomic E-state index is 0.390. The third-order valence-corrected chi connectivity index (χ3v) is 4.11. The van der Waals surface area contributed by atoms with E-state index in [9.17, 15) is 4.79 Å². The first kappa shape index (κ1) is 8.72. The second-order valence-electron chi connectivity index (χ2n) is 5.19. The lowest BCUT2D eigenvalue weighted by Crippen LogP contribution is -2.33. The van der Waals surface area contributed by atoms with E-state index in [1.165, 1.54) is 6.42 Å². The van der Waals surface area contributed by atoms with Crippen molar-refractivity contribution in [1.82, 2.24) is 10.2 Å². The Morgan fingerprint density at radius 3 is 2.64 bits per heavy atom. The third kappa shape index (κ3) is 1.18. The molecule has 3 heteroatoms. The smallest absolute Gasteiger partial charge is 0.226 e. The third-order valence-electron chi connectivity index (χ3n) is 4.11. The lowest BCUT2D eigenvalue weighted by Gasteiger charge is -2.17. The van der Waals surface area contributed by atoms with Crippen molar-refractivity contribution in [1.29, 1.82) is 0 Å². The van der Waals surface area contributed by atoms with Gasteiger partial charge < -0.3 is 10.2 Å². The lowest BCUT2D eigenvalue weighted by atomic mass is 10.2. The Labute approximate surface area is 84.8 Å². The highest BCUT2D eigenvalue weighted by Crippen LogP contribution is 2.49. The summed E-state index contributed by atoms with van der Waals surface area (Å²) in [6.07, 6.45) is 1.20. The van der Waals surface area contributed by atoms with Gasteiger partial charge in [-0.05, 0) is 37.3 Å². The first-order valence-electron chi connectivity index (χ1n) is 5.77. The van der Waals surface area contributed by atoms with Crippen molar-refractivity contribution >= 4 is 5.91 Å². The van der Waals surface area contributed by atoms with Gasteiger partial charge in [-0.3, -0.25) is 4.79 Å². The maximum atomic E-state index is 12.1. The molecule has 3 nitrogen and oxygen atoms in total. The van der Waals surface area contributed by atoms with Crippen molar-refractivity contribution < 1.29 is 4.79 Å². The zero-order chi connectivity index (χ0) is 9.71. The molecule has 1 aliphatic carbocycles. The van der Waals surface area contributed by atoms with Gasteiger partial charge in [0, 0.05) is 19.0 Å². The van der Waals surface area contributed by atoms with Gasteiger partial charge in [0.15, 0.2) is 0 Å². The van der Waals surface area contributed by atoms with Crippen molar-refractivity contribution in [2.24, 2.45) is 23.7 Å². The van der Waals surface area contributed by atoms with Gasteiger partial charge in [0.25, 0.3) is 0 Å². The Bertz CT molecular complexity index is 252. The fourth-order valence-electron chi connectivity index (χ4n) is 3.13. The molecule has 2 aliphatic heterocycles. The van der Waals surface area contributed by atoms with Crippen LogP contribution in [0.3, 0.4) is 0 Å². The van der Waals surface area contributed by atoms with Crippen molar-refractivity contribution in [2.75, 3.05) is 26.2 Å². The summed E-state index contributed by atoms with van der Waals surface area (Å²) in [6, 6.07) is 0. The van der Waals surface area contributed by atoms with Crippen molar-refractivity contribution in [2.45, 2.75) is 13.3 Å². The molecule has 3 rings (SSSR count). The number of carbonyl (C=O) groups is 1. The molecular weight excluding hydrogens is 176 g/mol. The van der Waals surface area contributed by atoms with Gasteiger partial charge in [0.1, 0.15) is 0 Å². The van der Waals surface area contributed by atoms with E-state index in [-0.39, 0.29) is 0 Å². The van der Waals surface area contributed by atoms with E-state index < -0.39 is 0 Å². The number of nitrogens with one attached hydrogen (secondary N) is 1. The van der Waals surface area contributed by atoms with Gasteiger partial charge in [-0.2, -0.15) is 0 Å². The highest BCUT2D eigenvalue weighted by molar-refractivity contribution is 5.83. The Morgan fingerprint density at radius 1 is 1.36 bits per heavy atom. The molecule has 3 aliphatic rings. The summed E-state index contributed by atoms with van der Waals surface area (Å²) in [6.45, 7) is 6.39. The molecule has 3 atom stereocenters. The second-order valence-corrected chi connectivity index (χ2v) is 5.19.